The van der Waals surface area contributed by atoms with Crippen molar-refractivity contribution in [3.05, 3.63) is 23.3 Å². The zero-order valence-electron chi connectivity index (χ0n) is 9.11. The van der Waals surface area contributed by atoms with Gasteiger partial charge in [0.25, 0.3) is 0 Å². The topological polar surface area (TPSA) is 37.8 Å². The van der Waals surface area contributed by atoms with Gasteiger partial charge in [-0.2, -0.15) is 11.8 Å². The van der Waals surface area contributed by atoms with Gasteiger partial charge in [-0.3, -0.25) is 0 Å². The number of nitrogens with one attached hydrogen (secondary N) is 1. The van der Waals surface area contributed by atoms with Gasteiger partial charge in [-0.1, -0.05) is 0 Å². The summed E-state index contributed by atoms with van der Waals surface area (Å²) in [5.41, 5.74) is 2.54. The summed E-state index contributed by atoms with van der Waals surface area (Å²) in [5.74, 6) is 4.73. The number of nitrogens with zero attached hydrogens (tertiary/aromatic N) is 2. The van der Waals surface area contributed by atoms with E-state index >= 15 is 0 Å². The predicted molar refractivity (Wildman–Crippen MR) is 70.0 cm³/mol. The Morgan fingerprint density at radius 1 is 1.38 bits per heavy atom. The van der Waals surface area contributed by atoms with Crippen LogP contribution in [-0.4, -0.2) is 33.8 Å². The number of thioether (sulfide) groups is 2. The van der Waals surface area contributed by atoms with Crippen molar-refractivity contribution in [2.24, 2.45) is 0 Å². The fourth-order valence-corrected chi connectivity index (χ4v) is 4.65. The van der Waals surface area contributed by atoms with Crippen LogP contribution in [0.3, 0.4) is 0 Å². The van der Waals surface area contributed by atoms with E-state index in [1.165, 1.54) is 28.5 Å². The van der Waals surface area contributed by atoms with Gasteiger partial charge < -0.3 is 5.32 Å². The molecule has 0 saturated carbocycles. The first-order valence-corrected chi connectivity index (χ1v) is 7.88. The third-order valence-electron chi connectivity index (χ3n) is 2.93. The first-order chi connectivity index (χ1) is 7.93. The highest BCUT2D eigenvalue weighted by Gasteiger charge is 2.21. The van der Waals surface area contributed by atoms with Crippen LogP contribution in [0.5, 0.6) is 0 Å². The van der Waals surface area contributed by atoms with Crippen molar-refractivity contribution in [1.82, 2.24) is 15.3 Å². The second kappa shape index (κ2) is 4.94. The van der Waals surface area contributed by atoms with E-state index in [-0.39, 0.29) is 0 Å². The monoisotopic (exact) mass is 253 g/mol. The van der Waals surface area contributed by atoms with Crippen LogP contribution < -0.4 is 5.32 Å². The minimum atomic E-state index is 0.513. The van der Waals surface area contributed by atoms with E-state index in [4.69, 9.17) is 4.98 Å². The predicted octanol–water partition coefficient (Wildman–Crippen LogP) is 1.64. The third kappa shape index (κ3) is 2.21. The average Bonchev–Trinajstić information content (AvgIpc) is 2.39. The first-order valence-electron chi connectivity index (χ1n) is 5.68. The molecule has 3 heterocycles. The SMILES string of the molecule is c1nc(C2CSCCS2)nc2c1CNCC2. The average molecular weight is 253 g/mol. The molecule has 3 nitrogen and oxygen atoms in total. The molecule has 86 valence electrons. The van der Waals surface area contributed by atoms with Crippen LogP contribution >= 0.6 is 23.5 Å². The third-order valence-corrected chi connectivity index (χ3v) is 5.68. The molecule has 5 heteroatoms. The molecule has 0 amide bonds. The fraction of sp³-hybridized carbons (Fsp3) is 0.636. The van der Waals surface area contributed by atoms with Crippen molar-refractivity contribution >= 4 is 23.5 Å². The summed E-state index contributed by atoms with van der Waals surface area (Å²) < 4.78 is 0. The molecule has 0 aliphatic carbocycles. The summed E-state index contributed by atoms with van der Waals surface area (Å²) in [6.07, 6.45) is 3.07. The van der Waals surface area contributed by atoms with E-state index in [1.807, 2.05) is 29.7 Å². The van der Waals surface area contributed by atoms with Crippen LogP contribution in [0, 0.1) is 0 Å². The van der Waals surface area contributed by atoms with Gasteiger partial charge in [0.2, 0.25) is 0 Å². The van der Waals surface area contributed by atoms with E-state index in [0.29, 0.717) is 5.25 Å². The highest BCUT2D eigenvalue weighted by molar-refractivity contribution is 8.06. The van der Waals surface area contributed by atoms with E-state index in [1.54, 1.807) is 0 Å². The van der Waals surface area contributed by atoms with Gasteiger partial charge in [0.05, 0.1) is 5.25 Å². The molecule has 2 aliphatic heterocycles. The second-order valence-corrected chi connectivity index (χ2v) is 6.52. The number of hydrogen-bond donors (Lipinski definition) is 1. The Balaban J connectivity index is 1.84. The van der Waals surface area contributed by atoms with E-state index in [0.717, 1.165) is 25.3 Å². The lowest BCUT2D eigenvalue weighted by Gasteiger charge is -2.22. The van der Waals surface area contributed by atoms with E-state index in [9.17, 15) is 0 Å². The van der Waals surface area contributed by atoms with Gasteiger partial charge in [0.15, 0.2) is 0 Å². The van der Waals surface area contributed by atoms with Gasteiger partial charge in [0, 0.05) is 54.2 Å². The molecule has 1 fully saturated rings. The molecule has 0 radical (unpaired) electrons. The Labute approximate surface area is 104 Å². The summed E-state index contributed by atoms with van der Waals surface area (Å²) in [5, 5.41) is 3.86. The van der Waals surface area contributed by atoms with Crippen LogP contribution in [0.2, 0.25) is 0 Å². The van der Waals surface area contributed by atoms with Crippen LogP contribution in [-0.2, 0) is 13.0 Å². The molecule has 1 unspecified atom stereocenters. The lowest BCUT2D eigenvalue weighted by molar-refractivity contribution is 0.620. The Morgan fingerprint density at radius 3 is 3.25 bits per heavy atom. The maximum atomic E-state index is 4.75. The van der Waals surface area contributed by atoms with Crippen molar-refractivity contribution < 1.29 is 0 Å². The molecule has 1 aromatic heterocycles. The Morgan fingerprint density at radius 2 is 2.38 bits per heavy atom. The Kier molecular flexibility index (Phi) is 3.35. The summed E-state index contributed by atoms with van der Waals surface area (Å²) in [7, 11) is 0. The quantitative estimate of drug-likeness (QED) is 0.823. The smallest absolute Gasteiger partial charge is 0.142 e. The lowest BCUT2D eigenvalue weighted by Crippen LogP contribution is -2.25. The summed E-state index contributed by atoms with van der Waals surface area (Å²) in [4.78, 5) is 9.28. The molecule has 1 N–H and O–H groups in total. The normalized spacial score (nSPS) is 25.1. The van der Waals surface area contributed by atoms with Crippen LogP contribution in [0.4, 0.5) is 0 Å². The van der Waals surface area contributed by atoms with Gasteiger partial charge in [0.1, 0.15) is 5.82 Å². The summed E-state index contributed by atoms with van der Waals surface area (Å²) >= 11 is 4.03. The number of aromatic nitrogens is 2. The van der Waals surface area contributed by atoms with Crippen molar-refractivity contribution in [2.45, 2.75) is 18.2 Å². The van der Waals surface area contributed by atoms with Gasteiger partial charge in [-0.25, -0.2) is 9.97 Å². The molecular weight excluding hydrogens is 238 g/mol. The molecular formula is C11H15N3S2. The Hall–Kier alpha value is -0.260. The van der Waals surface area contributed by atoms with Gasteiger partial charge >= 0.3 is 0 Å². The van der Waals surface area contributed by atoms with Crippen LogP contribution in [0.15, 0.2) is 6.20 Å². The lowest BCUT2D eigenvalue weighted by atomic mass is 10.1. The molecule has 1 atom stereocenters. The van der Waals surface area contributed by atoms with Crippen LogP contribution in [0.25, 0.3) is 0 Å². The minimum Gasteiger partial charge on any atom is -0.312 e. The standard InChI is InChI=1S/C11H15N3S2/c1-2-12-5-8-6-13-11(14-9(1)8)10-7-15-3-4-16-10/h6,10,12H,1-5,7H2. The molecule has 1 saturated heterocycles. The molecule has 1 aromatic rings. The molecule has 0 aromatic carbocycles. The van der Waals surface area contributed by atoms with Gasteiger partial charge in [-0.05, 0) is 0 Å². The van der Waals surface area contributed by atoms with Gasteiger partial charge in [-0.15, -0.1) is 11.8 Å². The number of rotatable bonds is 1. The van der Waals surface area contributed by atoms with Crippen LogP contribution in [0.1, 0.15) is 22.3 Å². The van der Waals surface area contributed by atoms with E-state index in [2.05, 4.69) is 10.3 Å². The highest BCUT2D eigenvalue weighted by Crippen LogP contribution is 2.35. The molecule has 0 spiro atoms. The molecule has 3 rings (SSSR count). The van der Waals surface area contributed by atoms with Crippen molar-refractivity contribution in [3.8, 4) is 0 Å². The molecule has 0 bridgehead atoms. The van der Waals surface area contributed by atoms with Crippen molar-refractivity contribution in [2.75, 3.05) is 23.8 Å². The minimum absolute atomic E-state index is 0.513. The second-order valence-electron chi connectivity index (χ2n) is 4.06. The van der Waals surface area contributed by atoms with Crippen molar-refractivity contribution in [3.63, 3.8) is 0 Å². The zero-order chi connectivity index (χ0) is 10.8. The Bertz CT molecular complexity index is 377. The largest absolute Gasteiger partial charge is 0.312 e. The molecule has 16 heavy (non-hydrogen) atoms. The zero-order valence-corrected chi connectivity index (χ0v) is 10.7. The maximum Gasteiger partial charge on any atom is 0.142 e. The fourth-order valence-electron chi connectivity index (χ4n) is 2.04. The first kappa shape index (κ1) is 10.9. The number of hydrogen-bond acceptors (Lipinski definition) is 5. The maximum absolute atomic E-state index is 4.75. The number of fused-ring (bicyclic) bond motifs is 1. The van der Waals surface area contributed by atoms with Crippen molar-refractivity contribution in [1.29, 1.82) is 0 Å². The summed E-state index contributed by atoms with van der Waals surface area (Å²) in [6, 6.07) is 0. The summed E-state index contributed by atoms with van der Waals surface area (Å²) in [6.45, 7) is 1.98. The molecule has 2 aliphatic rings. The highest BCUT2D eigenvalue weighted by atomic mass is 32.2. The van der Waals surface area contributed by atoms with E-state index < -0.39 is 0 Å².